The highest BCUT2D eigenvalue weighted by molar-refractivity contribution is 7.89. The normalized spacial score (nSPS) is 16.7. The van der Waals surface area contributed by atoms with Gasteiger partial charge < -0.3 is 4.90 Å². The summed E-state index contributed by atoms with van der Waals surface area (Å²) in [5.41, 5.74) is 0.811. The summed E-state index contributed by atoms with van der Waals surface area (Å²) in [5, 5.41) is 0. The summed E-state index contributed by atoms with van der Waals surface area (Å²) in [4.78, 5) is 14.3. The summed E-state index contributed by atoms with van der Waals surface area (Å²) in [5.74, 6) is 0.0249. The zero-order valence-electron chi connectivity index (χ0n) is 13.7. The highest BCUT2D eigenvalue weighted by Gasteiger charge is 2.16. The molecule has 1 saturated heterocycles. The molecule has 0 unspecified atom stereocenters. The van der Waals surface area contributed by atoms with Gasteiger partial charge in [0.05, 0.1) is 4.90 Å². The van der Waals surface area contributed by atoms with Crippen molar-refractivity contribution in [1.29, 1.82) is 0 Å². The fourth-order valence-corrected chi connectivity index (χ4v) is 3.43. The summed E-state index contributed by atoms with van der Waals surface area (Å²) in [6.07, 6.45) is 7.82. The van der Waals surface area contributed by atoms with E-state index < -0.39 is 10.0 Å². The number of benzene rings is 1. The van der Waals surface area contributed by atoms with Gasteiger partial charge in [0, 0.05) is 33.3 Å². The van der Waals surface area contributed by atoms with Gasteiger partial charge in [-0.05, 0) is 36.6 Å². The number of hydrogen-bond acceptors (Lipinski definition) is 3. The lowest BCUT2D eigenvalue weighted by molar-refractivity contribution is -0.125. The van der Waals surface area contributed by atoms with Crippen LogP contribution in [0, 0.1) is 0 Å². The molecule has 6 heteroatoms. The summed E-state index contributed by atoms with van der Waals surface area (Å²) in [6.45, 7) is 1.65. The van der Waals surface area contributed by atoms with Crippen molar-refractivity contribution in [3.63, 3.8) is 0 Å². The highest BCUT2D eigenvalue weighted by atomic mass is 32.2. The minimum Gasteiger partial charge on any atom is -0.339 e. The second kappa shape index (κ2) is 7.75. The molecule has 0 bridgehead atoms. The van der Waals surface area contributed by atoms with Gasteiger partial charge in [0.15, 0.2) is 0 Å². The lowest BCUT2D eigenvalue weighted by Gasteiger charge is -2.17. The third-order valence-corrected chi connectivity index (χ3v) is 5.82. The molecule has 0 aromatic heterocycles. The van der Waals surface area contributed by atoms with Gasteiger partial charge in [-0.25, -0.2) is 12.7 Å². The Bertz CT molecular complexity index is 656. The number of sulfonamides is 1. The third-order valence-electron chi connectivity index (χ3n) is 3.99. The molecule has 0 radical (unpaired) electrons. The molecular formula is C17H24N2O3S. The summed E-state index contributed by atoms with van der Waals surface area (Å²) < 4.78 is 25.2. The minimum atomic E-state index is -3.41. The van der Waals surface area contributed by atoms with Gasteiger partial charge in [-0.3, -0.25) is 4.79 Å². The molecule has 1 aliphatic heterocycles. The number of carbonyl (C=O) groups excluding carboxylic acids is 1. The smallest absolute Gasteiger partial charge is 0.246 e. The SMILES string of the molecule is CN(C)S(=O)(=O)c1ccc(/C=C/C(=O)N2CCCCCC2)cc1. The molecule has 0 spiro atoms. The van der Waals surface area contributed by atoms with Crippen LogP contribution in [0.25, 0.3) is 6.08 Å². The Morgan fingerprint density at radius 2 is 1.61 bits per heavy atom. The minimum absolute atomic E-state index is 0.0249. The first-order chi connectivity index (χ1) is 10.9. The second-order valence-electron chi connectivity index (χ2n) is 5.93. The first-order valence-electron chi connectivity index (χ1n) is 7.91. The van der Waals surface area contributed by atoms with Crippen LogP contribution in [0.15, 0.2) is 35.2 Å². The van der Waals surface area contributed by atoms with E-state index in [1.807, 2.05) is 4.90 Å². The molecule has 23 heavy (non-hydrogen) atoms. The lowest BCUT2D eigenvalue weighted by Crippen LogP contribution is -2.30. The average molecular weight is 336 g/mol. The Morgan fingerprint density at radius 1 is 1.04 bits per heavy atom. The molecule has 1 aromatic carbocycles. The molecule has 1 fully saturated rings. The van der Waals surface area contributed by atoms with Gasteiger partial charge in [0.2, 0.25) is 15.9 Å². The second-order valence-corrected chi connectivity index (χ2v) is 8.08. The zero-order valence-corrected chi connectivity index (χ0v) is 14.6. The topological polar surface area (TPSA) is 57.7 Å². The third kappa shape index (κ3) is 4.65. The van der Waals surface area contributed by atoms with Crippen molar-refractivity contribution in [1.82, 2.24) is 9.21 Å². The zero-order chi connectivity index (χ0) is 16.9. The van der Waals surface area contributed by atoms with E-state index in [0.717, 1.165) is 31.5 Å². The molecule has 5 nitrogen and oxygen atoms in total. The quantitative estimate of drug-likeness (QED) is 0.793. The predicted octanol–water partition coefficient (Wildman–Crippen LogP) is 2.35. The van der Waals surface area contributed by atoms with Crippen LogP contribution in [0.5, 0.6) is 0 Å². The van der Waals surface area contributed by atoms with E-state index in [1.54, 1.807) is 36.4 Å². The van der Waals surface area contributed by atoms with E-state index in [0.29, 0.717) is 0 Å². The average Bonchev–Trinajstić information content (AvgIpc) is 2.82. The van der Waals surface area contributed by atoms with Crippen molar-refractivity contribution in [3.8, 4) is 0 Å². The van der Waals surface area contributed by atoms with Gasteiger partial charge in [0.1, 0.15) is 0 Å². The molecule has 1 aromatic rings. The summed E-state index contributed by atoms with van der Waals surface area (Å²) >= 11 is 0. The Balaban J connectivity index is 2.04. The fraction of sp³-hybridized carbons (Fsp3) is 0.471. The molecule has 0 aliphatic carbocycles. The molecule has 1 amide bonds. The molecule has 0 N–H and O–H groups in total. The summed E-state index contributed by atoms with van der Waals surface area (Å²) in [6, 6.07) is 6.54. The van der Waals surface area contributed by atoms with Gasteiger partial charge in [-0.15, -0.1) is 0 Å². The van der Waals surface area contributed by atoms with Crippen LogP contribution in [0.2, 0.25) is 0 Å². The number of likely N-dealkylation sites (tertiary alicyclic amines) is 1. The molecule has 1 heterocycles. The van der Waals surface area contributed by atoms with E-state index in [1.165, 1.54) is 31.2 Å². The predicted molar refractivity (Wildman–Crippen MR) is 91.4 cm³/mol. The van der Waals surface area contributed by atoms with Crippen LogP contribution in [-0.4, -0.2) is 50.7 Å². The maximum Gasteiger partial charge on any atom is 0.246 e. The van der Waals surface area contributed by atoms with Crippen LogP contribution in [0.4, 0.5) is 0 Å². The van der Waals surface area contributed by atoms with Crippen LogP contribution in [0.3, 0.4) is 0 Å². The highest BCUT2D eigenvalue weighted by Crippen LogP contribution is 2.15. The van der Waals surface area contributed by atoms with Gasteiger partial charge in [0.25, 0.3) is 0 Å². The largest absolute Gasteiger partial charge is 0.339 e. The van der Waals surface area contributed by atoms with E-state index >= 15 is 0 Å². The van der Waals surface area contributed by atoms with Gasteiger partial charge in [-0.1, -0.05) is 25.0 Å². The van der Waals surface area contributed by atoms with Crippen molar-refractivity contribution in [3.05, 3.63) is 35.9 Å². The van der Waals surface area contributed by atoms with Crippen LogP contribution >= 0.6 is 0 Å². The van der Waals surface area contributed by atoms with Crippen molar-refractivity contribution in [2.75, 3.05) is 27.2 Å². The molecular weight excluding hydrogens is 312 g/mol. The number of rotatable bonds is 4. The van der Waals surface area contributed by atoms with Crippen molar-refractivity contribution >= 4 is 22.0 Å². The first kappa shape index (κ1) is 17.7. The van der Waals surface area contributed by atoms with Gasteiger partial charge in [-0.2, -0.15) is 0 Å². The molecule has 0 saturated carbocycles. The monoisotopic (exact) mass is 336 g/mol. The first-order valence-corrected chi connectivity index (χ1v) is 9.35. The summed E-state index contributed by atoms with van der Waals surface area (Å²) in [7, 11) is -0.406. The lowest BCUT2D eigenvalue weighted by atomic mass is 10.2. The molecule has 2 rings (SSSR count). The Hall–Kier alpha value is -1.66. The molecule has 1 aliphatic rings. The van der Waals surface area contributed by atoms with Crippen molar-refractivity contribution in [2.24, 2.45) is 0 Å². The Labute approximate surface area is 138 Å². The van der Waals surface area contributed by atoms with Crippen molar-refractivity contribution in [2.45, 2.75) is 30.6 Å². The maximum absolute atomic E-state index is 12.2. The van der Waals surface area contributed by atoms with E-state index in [-0.39, 0.29) is 10.8 Å². The van der Waals surface area contributed by atoms with E-state index in [2.05, 4.69) is 0 Å². The Morgan fingerprint density at radius 3 is 2.13 bits per heavy atom. The maximum atomic E-state index is 12.2. The van der Waals surface area contributed by atoms with E-state index in [4.69, 9.17) is 0 Å². The molecule has 126 valence electrons. The van der Waals surface area contributed by atoms with E-state index in [9.17, 15) is 13.2 Å². The van der Waals surface area contributed by atoms with Crippen molar-refractivity contribution < 1.29 is 13.2 Å². The standard InChI is InChI=1S/C17H24N2O3S/c1-18(2)23(21,22)16-10-7-15(8-11-16)9-12-17(20)19-13-5-3-4-6-14-19/h7-12H,3-6,13-14H2,1-2H3/b12-9+. The van der Waals surface area contributed by atoms with Crippen LogP contribution in [-0.2, 0) is 14.8 Å². The van der Waals surface area contributed by atoms with Gasteiger partial charge >= 0.3 is 0 Å². The number of hydrogen-bond donors (Lipinski definition) is 0. The van der Waals surface area contributed by atoms with Crippen LogP contribution < -0.4 is 0 Å². The van der Waals surface area contributed by atoms with Crippen LogP contribution in [0.1, 0.15) is 31.2 Å². The number of amides is 1. The fourth-order valence-electron chi connectivity index (χ4n) is 2.53. The molecule has 0 atom stereocenters. The number of nitrogens with zero attached hydrogens (tertiary/aromatic N) is 2. The number of carbonyl (C=O) groups is 1. The Kier molecular flexibility index (Phi) is 5.96.